The molecule has 0 unspecified atom stereocenters. The van der Waals surface area contributed by atoms with Crippen molar-refractivity contribution in [3.63, 3.8) is 0 Å². The Morgan fingerprint density at radius 2 is 1.73 bits per heavy atom. The molecule has 0 spiro atoms. The van der Waals surface area contributed by atoms with Crippen LogP contribution in [-0.2, 0) is 9.53 Å². The fourth-order valence-electron chi connectivity index (χ4n) is 4.42. The molecule has 0 radical (unpaired) electrons. The van der Waals surface area contributed by atoms with Gasteiger partial charge in [0.05, 0.1) is 6.61 Å². The number of aliphatic imine (C=N–C) groups is 1. The highest BCUT2D eigenvalue weighted by Gasteiger charge is 2.53. The van der Waals surface area contributed by atoms with Crippen LogP contribution in [0.1, 0.15) is 48.5 Å². The zero-order valence-corrected chi connectivity index (χ0v) is 20.8. The first-order valence-corrected chi connectivity index (χ1v) is 12.9. The number of aliphatic hydroxyl groups excluding tert-OH is 1. The van der Waals surface area contributed by atoms with Crippen molar-refractivity contribution in [3.05, 3.63) is 108 Å². The Hall–Kier alpha value is -3.90. The Labute approximate surface area is 217 Å². The van der Waals surface area contributed by atoms with Crippen molar-refractivity contribution >= 4 is 17.9 Å². The number of benzene rings is 3. The lowest BCUT2D eigenvalue weighted by atomic mass is 9.84. The quantitative estimate of drug-likeness (QED) is 0.363. The van der Waals surface area contributed by atoms with Gasteiger partial charge in [0.2, 0.25) is 5.90 Å². The molecule has 1 amide bonds. The molecule has 6 heteroatoms. The zero-order chi connectivity index (χ0) is 25.5. The smallest absolute Gasteiger partial charge is 0.252 e. The SMILES string of the molecule is O=C(NC1CC1)[C@]1(C/C=C/c2ccccc2)N=C(c2ccc(OCCCO)cc2)O[C@@H]1c1ccccc1. The van der Waals surface area contributed by atoms with E-state index in [-0.39, 0.29) is 18.6 Å². The standard InChI is InChI=1S/C31H32N2O4/c34-21-8-22-36-27-18-14-25(15-19-27)29-33-31(30(35)32-26-16-17-26,20-7-11-23-9-3-1-4-10-23)28(37-29)24-12-5-2-6-13-24/h1-7,9-15,18-19,26,28,34H,8,16-17,20-22H2,(H,32,35)/b11-7+/t28-,31-/m1/s1. The highest BCUT2D eigenvalue weighted by Crippen LogP contribution is 2.43. The van der Waals surface area contributed by atoms with Crippen LogP contribution in [-0.4, -0.2) is 41.7 Å². The summed E-state index contributed by atoms with van der Waals surface area (Å²) in [5, 5.41) is 12.2. The number of aliphatic hydroxyl groups is 1. The summed E-state index contributed by atoms with van der Waals surface area (Å²) in [7, 11) is 0. The molecule has 0 saturated heterocycles. The van der Waals surface area contributed by atoms with Crippen LogP contribution < -0.4 is 10.1 Å². The minimum Gasteiger partial charge on any atom is -0.494 e. The minimum absolute atomic E-state index is 0.0906. The summed E-state index contributed by atoms with van der Waals surface area (Å²) < 4.78 is 12.2. The maximum atomic E-state index is 13.8. The van der Waals surface area contributed by atoms with E-state index in [1.54, 1.807) is 0 Å². The first-order chi connectivity index (χ1) is 18.2. The molecule has 1 heterocycles. The van der Waals surface area contributed by atoms with Gasteiger partial charge >= 0.3 is 0 Å². The summed E-state index contributed by atoms with van der Waals surface area (Å²) in [5.41, 5.74) is 1.62. The molecular formula is C31H32N2O4. The molecule has 6 nitrogen and oxygen atoms in total. The molecular weight excluding hydrogens is 464 g/mol. The van der Waals surface area contributed by atoms with Gasteiger partial charge in [0.25, 0.3) is 5.91 Å². The summed E-state index contributed by atoms with van der Waals surface area (Å²) in [6.07, 6.45) is 6.44. The lowest BCUT2D eigenvalue weighted by molar-refractivity contribution is -0.129. The van der Waals surface area contributed by atoms with E-state index in [0.29, 0.717) is 31.1 Å². The number of carbonyl (C=O) groups excluding carboxylic acids is 1. The summed E-state index contributed by atoms with van der Waals surface area (Å²) in [5.74, 6) is 1.04. The third-order valence-electron chi connectivity index (χ3n) is 6.58. The van der Waals surface area contributed by atoms with Crippen molar-refractivity contribution in [3.8, 4) is 5.75 Å². The van der Waals surface area contributed by atoms with Crippen molar-refractivity contribution in [2.45, 2.75) is 43.4 Å². The van der Waals surface area contributed by atoms with Crippen molar-refractivity contribution in [2.75, 3.05) is 13.2 Å². The van der Waals surface area contributed by atoms with Gasteiger partial charge in [0, 0.05) is 31.1 Å². The highest BCUT2D eigenvalue weighted by molar-refractivity contribution is 6.01. The molecule has 2 atom stereocenters. The first kappa shape index (κ1) is 24.8. The number of nitrogens with one attached hydrogen (secondary N) is 1. The molecule has 2 aliphatic rings. The van der Waals surface area contributed by atoms with Gasteiger partial charge in [-0.1, -0.05) is 72.8 Å². The molecule has 37 heavy (non-hydrogen) atoms. The van der Waals surface area contributed by atoms with Crippen molar-refractivity contribution in [1.82, 2.24) is 5.32 Å². The zero-order valence-electron chi connectivity index (χ0n) is 20.8. The van der Waals surface area contributed by atoms with E-state index in [1.807, 2.05) is 97.1 Å². The van der Waals surface area contributed by atoms with Gasteiger partial charge in [0.15, 0.2) is 11.6 Å². The number of nitrogens with zero attached hydrogens (tertiary/aromatic N) is 1. The van der Waals surface area contributed by atoms with E-state index in [1.165, 1.54) is 0 Å². The molecule has 3 aromatic rings. The number of hydrogen-bond donors (Lipinski definition) is 2. The molecule has 5 rings (SSSR count). The highest BCUT2D eigenvalue weighted by atomic mass is 16.5. The minimum atomic E-state index is -1.14. The van der Waals surface area contributed by atoms with E-state index in [9.17, 15) is 4.79 Å². The summed E-state index contributed by atoms with van der Waals surface area (Å²) in [6, 6.07) is 27.6. The molecule has 1 saturated carbocycles. The van der Waals surface area contributed by atoms with Crippen LogP contribution in [0.15, 0.2) is 96.0 Å². The van der Waals surface area contributed by atoms with E-state index in [2.05, 4.69) is 5.32 Å². The second-order valence-electron chi connectivity index (χ2n) is 9.46. The van der Waals surface area contributed by atoms with Crippen molar-refractivity contribution < 1.29 is 19.4 Å². The topological polar surface area (TPSA) is 80.2 Å². The number of carbonyl (C=O) groups is 1. The molecule has 0 aromatic heterocycles. The fourth-order valence-corrected chi connectivity index (χ4v) is 4.42. The number of ether oxygens (including phenoxy) is 2. The third kappa shape index (κ3) is 5.92. The predicted molar refractivity (Wildman–Crippen MR) is 144 cm³/mol. The summed E-state index contributed by atoms with van der Waals surface area (Å²) >= 11 is 0. The Kier molecular flexibility index (Phi) is 7.66. The molecule has 2 N–H and O–H groups in total. The lowest BCUT2D eigenvalue weighted by Crippen LogP contribution is -2.48. The fraction of sp³-hybridized carbons (Fsp3) is 0.290. The Morgan fingerprint density at radius 3 is 2.41 bits per heavy atom. The molecule has 1 aliphatic carbocycles. The second-order valence-corrected chi connectivity index (χ2v) is 9.46. The first-order valence-electron chi connectivity index (χ1n) is 12.9. The van der Waals surface area contributed by atoms with Crippen LogP contribution >= 0.6 is 0 Å². The van der Waals surface area contributed by atoms with Crippen LogP contribution in [0.5, 0.6) is 5.75 Å². The van der Waals surface area contributed by atoms with Crippen LogP contribution in [0.2, 0.25) is 0 Å². The predicted octanol–water partition coefficient (Wildman–Crippen LogP) is 5.09. The van der Waals surface area contributed by atoms with Crippen molar-refractivity contribution in [1.29, 1.82) is 0 Å². The summed E-state index contributed by atoms with van der Waals surface area (Å²) in [6.45, 7) is 0.537. The van der Waals surface area contributed by atoms with Gasteiger partial charge in [-0.25, -0.2) is 4.99 Å². The number of amides is 1. The van der Waals surface area contributed by atoms with E-state index in [4.69, 9.17) is 19.6 Å². The molecule has 190 valence electrons. The van der Waals surface area contributed by atoms with Crippen LogP contribution in [0.4, 0.5) is 0 Å². The van der Waals surface area contributed by atoms with Gasteiger partial charge in [-0.05, 0) is 48.2 Å². The van der Waals surface area contributed by atoms with Crippen LogP contribution in [0.3, 0.4) is 0 Å². The third-order valence-corrected chi connectivity index (χ3v) is 6.58. The molecule has 1 aliphatic heterocycles. The van der Waals surface area contributed by atoms with Gasteiger partial charge < -0.3 is 19.9 Å². The monoisotopic (exact) mass is 496 g/mol. The molecule has 3 aromatic carbocycles. The van der Waals surface area contributed by atoms with Gasteiger partial charge in [-0.3, -0.25) is 4.79 Å². The van der Waals surface area contributed by atoms with Gasteiger partial charge in [0.1, 0.15) is 5.75 Å². The average Bonchev–Trinajstić information content (AvgIpc) is 3.67. The lowest BCUT2D eigenvalue weighted by Gasteiger charge is -2.29. The van der Waals surface area contributed by atoms with Crippen LogP contribution in [0, 0.1) is 0 Å². The largest absolute Gasteiger partial charge is 0.494 e. The van der Waals surface area contributed by atoms with Crippen LogP contribution in [0.25, 0.3) is 6.08 Å². The maximum Gasteiger partial charge on any atom is 0.252 e. The Bertz CT molecular complexity index is 1240. The Morgan fingerprint density at radius 1 is 1.03 bits per heavy atom. The second kappa shape index (κ2) is 11.4. The van der Waals surface area contributed by atoms with Gasteiger partial charge in [-0.15, -0.1) is 0 Å². The molecule has 0 bridgehead atoms. The van der Waals surface area contributed by atoms with E-state index in [0.717, 1.165) is 29.5 Å². The Balaban J connectivity index is 1.49. The number of hydrogen-bond acceptors (Lipinski definition) is 5. The normalized spacial score (nSPS) is 20.9. The number of rotatable bonds is 11. The van der Waals surface area contributed by atoms with E-state index >= 15 is 0 Å². The molecule has 1 fully saturated rings. The average molecular weight is 497 g/mol. The van der Waals surface area contributed by atoms with Gasteiger partial charge in [-0.2, -0.15) is 0 Å². The van der Waals surface area contributed by atoms with E-state index < -0.39 is 11.6 Å². The van der Waals surface area contributed by atoms with Crippen molar-refractivity contribution in [2.24, 2.45) is 4.99 Å². The summed E-state index contributed by atoms with van der Waals surface area (Å²) in [4.78, 5) is 18.9. The maximum absolute atomic E-state index is 13.8.